The summed E-state index contributed by atoms with van der Waals surface area (Å²) in [5.74, 6) is -0.458. The molecular weight excluding hydrogens is 292 g/mol. The third-order valence-electron chi connectivity index (χ3n) is 3.13. The molecule has 7 heteroatoms. The monoisotopic (exact) mass is 308 g/mol. The molecule has 1 N–H and O–H groups in total. The van der Waals surface area contributed by atoms with Crippen LogP contribution < -0.4 is 5.56 Å². The highest BCUT2D eigenvalue weighted by Crippen LogP contribution is 2.11. The Morgan fingerprint density at radius 1 is 1.38 bits per heavy atom. The summed E-state index contributed by atoms with van der Waals surface area (Å²) >= 11 is 5.20. The van der Waals surface area contributed by atoms with Gasteiger partial charge in [0.25, 0.3) is 5.56 Å². The smallest absolute Gasteiger partial charge is 0.337 e. The molecular formula is C14H16N2O4S. The van der Waals surface area contributed by atoms with Gasteiger partial charge in [-0.25, -0.2) is 4.79 Å². The van der Waals surface area contributed by atoms with Crippen LogP contribution in [0.3, 0.4) is 0 Å². The quantitative estimate of drug-likeness (QED) is 0.519. The lowest BCUT2D eigenvalue weighted by molar-refractivity contribution is 0.0601. The SMILES string of the molecule is COCCCn1c(=S)[nH]c2cc(C(=O)OC)ccc2c1=O. The predicted molar refractivity (Wildman–Crippen MR) is 81.2 cm³/mol. The number of aromatic nitrogens is 2. The average molecular weight is 308 g/mol. The number of nitrogens with zero attached hydrogens (tertiary/aromatic N) is 1. The molecule has 1 aromatic heterocycles. The van der Waals surface area contributed by atoms with Crippen LogP contribution in [0.25, 0.3) is 10.9 Å². The summed E-state index contributed by atoms with van der Waals surface area (Å²) < 4.78 is 11.5. The minimum absolute atomic E-state index is 0.179. The average Bonchev–Trinajstić information content (AvgIpc) is 2.49. The van der Waals surface area contributed by atoms with Gasteiger partial charge < -0.3 is 14.5 Å². The first kappa shape index (κ1) is 15.4. The highest BCUT2D eigenvalue weighted by Gasteiger charge is 2.10. The maximum Gasteiger partial charge on any atom is 0.337 e. The lowest BCUT2D eigenvalue weighted by Crippen LogP contribution is -2.23. The van der Waals surface area contributed by atoms with E-state index in [1.165, 1.54) is 11.7 Å². The van der Waals surface area contributed by atoms with E-state index in [0.717, 1.165) is 0 Å². The summed E-state index contributed by atoms with van der Waals surface area (Å²) in [4.78, 5) is 26.9. The van der Waals surface area contributed by atoms with E-state index in [0.29, 0.717) is 40.8 Å². The number of aromatic amines is 1. The van der Waals surface area contributed by atoms with Crippen molar-refractivity contribution in [1.82, 2.24) is 9.55 Å². The van der Waals surface area contributed by atoms with Crippen LogP contribution in [0.4, 0.5) is 0 Å². The summed E-state index contributed by atoms with van der Waals surface area (Å²) in [7, 11) is 2.92. The van der Waals surface area contributed by atoms with Crippen LogP contribution in [-0.2, 0) is 16.0 Å². The van der Waals surface area contributed by atoms with E-state index in [1.54, 1.807) is 25.3 Å². The molecule has 2 rings (SSSR count). The maximum absolute atomic E-state index is 12.4. The van der Waals surface area contributed by atoms with Gasteiger partial charge in [-0.1, -0.05) is 0 Å². The van der Waals surface area contributed by atoms with Gasteiger partial charge in [-0.15, -0.1) is 0 Å². The van der Waals surface area contributed by atoms with Gasteiger partial charge in [0, 0.05) is 20.3 Å². The Bertz CT molecular complexity index is 779. The van der Waals surface area contributed by atoms with Crippen LogP contribution in [0.1, 0.15) is 16.8 Å². The number of H-pyrrole nitrogens is 1. The van der Waals surface area contributed by atoms with Crippen molar-refractivity contribution in [1.29, 1.82) is 0 Å². The first-order valence-corrected chi connectivity index (χ1v) is 6.83. The summed E-state index contributed by atoms with van der Waals surface area (Å²) in [5.41, 5.74) is 0.712. The maximum atomic E-state index is 12.4. The molecule has 0 aliphatic rings. The summed E-state index contributed by atoms with van der Waals surface area (Å²) in [6, 6.07) is 4.73. The number of hydrogen-bond donors (Lipinski definition) is 1. The molecule has 0 atom stereocenters. The van der Waals surface area contributed by atoms with Crippen LogP contribution in [0.5, 0.6) is 0 Å². The fraction of sp³-hybridized carbons (Fsp3) is 0.357. The predicted octanol–water partition coefficient (Wildman–Crippen LogP) is 1.88. The van der Waals surface area contributed by atoms with Gasteiger partial charge in [0.05, 0.1) is 23.6 Å². The standard InChI is InChI=1S/C14H16N2O4S/c1-19-7-3-6-16-12(17)10-5-4-9(13(18)20-2)8-11(10)15-14(16)21/h4-5,8H,3,6-7H2,1-2H3,(H,15,21). The Hall–Kier alpha value is -1.99. The van der Waals surface area contributed by atoms with Gasteiger partial charge in [-0.05, 0) is 36.8 Å². The second-order valence-corrected chi connectivity index (χ2v) is 4.87. The van der Waals surface area contributed by atoms with Crippen molar-refractivity contribution in [2.45, 2.75) is 13.0 Å². The molecule has 0 saturated heterocycles. The Labute approximate surface area is 126 Å². The Morgan fingerprint density at radius 2 is 2.14 bits per heavy atom. The number of carbonyl (C=O) groups excluding carboxylic acids is 1. The minimum Gasteiger partial charge on any atom is -0.465 e. The highest BCUT2D eigenvalue weighted by atomic mass is 32.1. The molecule has 0 bridgehead atoms. The van der Waals surface area contributed by atoms with E-state index in [-0.39, 0.29) is 5.56 Å². The molecule has 0 unspecified atom stereocenters. The van der Waals surface area contributed by atoms with Gasteiger partial charge in [0.1, 0.15) is 0 Å². The Kier molecular flexibility index (Phi) is 4.87. The molecule has 0 radical (unpaired) electrons. The largest absolute Gasteiger partial charge is 0.465 e. The molecule has 6 nitrogen and oxygen atoms in total. The molecule has 2 aromatic rings. The fourth-order valence-electron chi connectivity index (χ4n) is 2.07. The normalized spacial score (nSPS) is 10.8. The van der Waals surface area contributed by atoms with Gasteiger partial charge in [0.15, 0.2) is 4.77 Å². The van der Waals surface area contributed by atoms with Crippen LogP contribution >= 0.6 is 12.2 Å². The zero-order chi connectivity index (χ0) is 15.4. The van der Waals surface area contributed by atoms with E-state index < -0.39 is 5.97 Å². The Morgan fingerprint density at radius 3 is 2.81 bits per heavy atom. The van der Waals surface area contributed by atoms with Crippen LogP contribution in [0.15, 0.2) is 23.0 Å². The van der Waals surface area contributed by atoms with Crippen molar-refractivity contribution < 1.29 is 14.3 Å². The molecule has 21 heavy (non-hydrogen) atoms. The fourth-order valence-corrected chi connectivity index (χ4v) is 2.35. The van der Waals surface area contributed by atoms with Crippen LogP contribution in [0.2, 0.25) is 0 Å². The van der Waals surface area contributed by atoms with E-state index in [4.69, 9.17) is 17.0 Å². The number of ether oxygens (including phenoxy) is 2. The highest BCUT2D eigenvalue weighted by molar-refractivity contribution is 7.71. The molecule has 0 aliphatic heterocycles. The number of methoxy groups -OCH3 is 2. The van der Waals surface area contributed by atoms with Gasteiger partial charge in [-0.2, -0.15) is 0 Å². The second kappa shape index (κ2) is 6.64. The van der Waals surface area contributed by atoms with Crippen LogP contribution in [-0.4, -0.2) is 36.3 Å². The number of esters is 1. The van der Waals surface area contributed by atoms with Crippen LogP contribution in [0, 0.1) is 4.77 Å². The lowest BCUT2D eigenvalue weighted by Gasteiger charge is -2.08. The summed E-state index contributed by atoms with van der Waals surface area (Å²) in [6.45, 7) is 1.04. The zero-order valence-corrected chi connectivity index (χ0v) is 12.7. The molecule has 1 heterocycles. The van der Waals surface area contributed by atoms with E-state index in [1.807, 2.05) is 0 Å². The molecule has 0 spiro atoms. The first-order chi connectivity index (χ1) is 10.1. The van der Waals surface area contributed by atoms with Crippen molar-refractivity contribution >= 4 is 29.1 Å². The van der Waals surface area contributed by atoms with Gasteiger partial charge in [-0.3, -0.25) is 9.36 Å². The summed E-state index contributed by atoms with van der Waals surface area (Å²) in [5, 5.41) is 0.480. The lowest BCUT2D eigenvalue weighted by atomic mass is 10.1. The third kappa shape index (κ3) is 3.20. The molecule has 112 valence electrons. The molecule has 1 aromatic carbocycles. The van der Waals surface area contributed by atoms with Crippen molar-refractivity contribution in [3.8, 4) is 0 Å². The summed E-state index contributed by atoms with van der Waals surface area (Å²) in [6.07, 6.45) is 0.694. The minimum atomic E-state index is -0.458. The van der Waals surface area contributed by atoms with E-state index in [9.17, 15) is 9.59 Å². The number of fused-ring (bicyclic) bond motifs is 1. The van der Waals surface area contributed by atoms with E-state index in [2.05, 4.69) is 9.72 Å². The second-order valence-electron chi connectivity index (χ2n) is 4.49. The third-order valence-corrected chi connectivity index (χ3v) is 3.46. The Balaban J connectivity index is 2.50. The molecule has 0 fully saturated rings. The number of hydrogen-bond acceptors (Lipinski definition) is 5. The number of carbonyl (C=O) groups is 1. The number of nitrogens with one attached hydrogen (secondary N) is 1. The molecule has 0 saturated carbocycles. The molecule has 0 aliphatic carbocycles. The number of rotatable bonds is 5. The van der Waals surface area contributed by atoms with Crippen molar-refractivity contribution in [2.75, 3.05) is 20.8 Å². The first-order valence-electron chi connectivity index (χ1n) is 6.42. The zero-order valence-electron chi connectivity index (χ0n) is 11.8. The van der Waals surface area contributed by atoms with Crippen molar-refractivity contribution in [3.05, 3.63) is 38.9 Å². The topological polar surface area (TPSA) is 73.3 Å². The van der Waals surface area contributed by atoms with Gasteiger partial charge in [0.2, 0.25) is 0 Å². The van der Waals surface area contributed by atoms with Crippen molar-refractivity contribution in [2.24, 2.45) is 0 Å². The molecule has 0 amide bonds. The van der Waals surface area contributed by atoms with Gasteiger partial charge >= 0.3 is 5.97 Å². The van der Waals surface area contributed by atoms with E-state index >= 15 is 0 Å². The van der Waals surface area contributed by atoms with Crippen molar-refractivity contribution in [3.63, 3.8) is 0 Å². The number of benzene rings is 1.